The number of ether oxygens (including phenoxy) is 7. The van der Waals surface area contributed by atoms with E-state index in [2.05, 4.69) is 0 Å². The molecule has 10 heteroatoms. The van der Waals surface area contributed by atoms with Gasteiger partial charge in [0.05, 0.1) is 13.7 Å². The summed E-state index contributed by atoms with van der Waals surface area (Å²) in [6.07, 6.45) is -5.32. The summed E-state index contributed by atoms with van der Waals surface area (Å²) in [7, 11) is 1.54. The number of carbonyl (C=O) groups is 3. The van der Waals surface area contributed by atoms with E-state index in [9.17, 15) is 14.4 Å². The highest BCUT2D eigenvalue weighted by Crippen LogP contribution is 2.31. The molecule has 0 aromatic heterocycles. The number of benzene rings is 2. The Morgan fingerprint density at radius 3 is 1.97 bits per heavy atom. The molecule has 2 aromatic carbocycles. The minimum atomic E-state index is -1.17. The first-order valence-corrected chi connectivity index (χ1v) is 11.4. The molecule has 0 aliphatic carbocycles. The van der Waals surface area contributed by atoms with Crippen LogP contribution in [0.3, 0.4) is 0 Å². The summed E-state index contributed by atoms with van der Waals surface area (Å²) < 4.78 is 39.7. The Balaban J connectivity index is 1.95. The smallest absolute Gasteiger partial charge is 0.303 e. The number of methoxy groups -OCH3 is 1. The first kappa shape index (κ1) is 27.0. The average Bonchev–Trinajstić information content (AvgIpc) is 2.84. The molecule has 10 nitrogen and oxygen atoms in total. The van der Waals surface area contributed by atoms with Crippen molar-refractivity contribution in [1.29, 1.82) is 0 Å². The summed E-state index contributed by atoms with van der Waals surface area (Å²) in [4.78, 5) is 35.6. The SMILES string of the molecule is COc1ccc(OC2OC(COC(C)=O)C(OC(C)=O)C(OCc3ccccc3)C2OC(C)=O)cc1. The van der Waals surface area contributed by atoms with Crippen LogP contribution in [0.4, 0.5) is 0 Å². The second-order valence-electron chi connectivity index (χ2n) is 8.05. The average molecular weight is 503 g/mol. The van der Waals surface area contributed by atoms with E-state index < -0.39 is 48.6 Å². The summed E-state index contributed by atoms with van der Waals surface area (Å²) in [6.45, 7) is 3.60. The van der Waals surface area contributed by atoms with Crippen molar-refractivity contribution in [3.63, 3.8) is 0 Å². The van der Waals surface area contributed by atoms with E-state index in [4.69, 9.17) is 33.2 Å². The van der Waals surface area contributed by atoms with E-state index in [1.165, 1.54) is 20.8 Å². The van der Waals surface area contributed by atoms with Gasteiger partial charge >= 0.3 is 17.9 Å². The number of hydrogen-bond acceptors (Lipinski definition) is 10. The number of hydrogen-bond donors (Lipinski definition) is 0. The van der Waals surface area contributed by atoms with Gasteiger partial charge in [0.1, 0.15) is 30.3 Å². The third-order valence-corrected chi connectivity index (χ3v) is 5.24. The second kappa shape index (κ2) is 12.9. The van der Waals surface area contributed by atoms with Crippen molar-refractivity contribution in [3.05, 3.63) is 60.2 Å². The maximum Gasteiger partial charge on any atom is 0.303 e. The van der Waals surface area contributed by atoms with E-state index in [0.717, 1.165) is 5.56 Å². The zero-order valence-corrected chi connectivity index (χ0v) is 20.6. The van der Waals surface area contributed by atoms with Crippen LogP contribution in [0.2, 0.25) is 0 Å². The number of esters is 3. The van der Waals surface area contributed by atoms with Crippen molar-refractivity contribution >= 4 is 17.9 Å². The van der Waals surface area contributed by atoms with Gasteiger partial charge in [0.2, 0.25) is 6.29 Å². The lowest BCUT2D eigenvalue weighted by molar-refractivity contribution is -0.294. The van der Waals surface area contributed by atoms with Crippen LogP contribution in [0, 0.1) is 0 Å². The molecule has 36 heavy (non-hydrogen) atoms. The predicted molar refractivity (Wildman–Crippen MR) is 125 cm³/mol. The molecule has 194 valence electrons. The van der Waals surface area contributed by atoms with Gasteiger partial charge in [-0.3, -0.25) is 14.4 Å². The maximum absolute atomic E-state index is 12.1. The van der Waals surface area contributed by atoms with Crippen LogP contribution in [-0.4, -0.2) is 62.3 Å². The molecule has 0 bridgehead atoms. The van der Waals surface area contributed by atoms with E-state index in [1.807, 2.05) is 30.3 Å². The molecule has 1 fully saturated rings. The monoisotopic (exact) mass is 502 g/mol. The molecule has 3 rings (SSSR count). The van der Waals surface area contributed by atoms with E-state index in [1.54, 1.807) is 31.4 Å². The topological polar surface area (TPSA) is 116 Å². The van der Waals surface area contributed by atoms with Crippen molar-refractivity contribution in [3.8, 4) is 11.5 Å². The predicted octanol–water partition coefficient (Wildman–Crippen LogP) is 2.81. The minimum absolute atomic E-state index is 0.122. The first-order valence-electron chi connectivity index (χ1n) is 11.4. The van der Waals surface area contributed by atoms with Crippen molar-refractivity contribution in [2.75, 3.05) is 13.7 Å². The molecule has 0 saturated carbocycles. The van der Waals surface area contributed by atoms with Gasteiger partial charge in [-0.1, -0.05) is 30.3 Å². The van der Waals surface area contributed by atoms with Crippen LogP contribution in [0.5, 0.6) is 11.5 Å². The fourth-order valence-corrected chi connectivity index (χ4v) is 3.70. The van der Waals surface area contributed by atoms with Gasteiger partial charge in [-0.2, -0.15) is 0 Å². The summed E-state index contributed by atoms with van der Waals surface area (Å²) in [6, 6.07) is 16.0. The summed E-state index contributed by atoms with van der Waals surface area (Å²) >= 11 is 0. The molecule has 1 heterocycles. The summed E-state index contributed by atoms with van der Waals surface area (Å²) in [5.74, 6) is -0.746. The Bertz CT molecular complexity index is 1010. The van der Waals surface area contributed by atoms with Crippen LogP contribution in [-0.2, 0) is 44.7 Å². The Morgan fingerprint density at radius 1 is 0.778 bits per heavy atom. The second-order valence-corrected chi connectivity index (χ2v) is 8.05. The van der Waals surface area contributed by atoms with Gasteiger partial charge < -0.3 is 33.2 Å². The molecule has 2 aromatic rings. The molecular formula is C26H30O10. The highest BCUT2D eigenvalue weighted by atomic mass is 16.7. The van der Waals surface area contributed by atoms with Crippen LogP contribution in [0.15, 0.2) is 54.6 Å². The molecule has 5 atom stereocenters. The summed E-state index contributed by atoms with van der Waals surface area (Å²) in [5, 5.41) is 0. The van der Waals surface area contributed by atoms with Crippen molar-refractivity contribution in [2.24, 2.45) is 0 Å². The number of rotatable bonds is 10. The molecule has 5 unspecified atom stereocenters. The van der Waals surface area contributed by atoms with E-state index in [0.29, 0.717) is 11.5 Å². The molecule has 0 spiro atoms. The highest BCUT2D eigenvalue weighted by molar-refractivity contribution is 5.67. The van der Waals surface area contributed by atoms with Crippen LogP contribution < -0.4 is 9.47 Å². The van der Waals surface area contributed by atoms with Gasteiger partial charge in [-0.25, -0.2) is 0 Å². The normalized spacial score (nSPS) is 23.3. The highest BCUT2D eigenvalue weighted by Gasteiger charge is 2.52. The molecule has 1 aliphatic rings. The first-order chi connectivity index (χ1) is 17.3. The van der Waals surface area contributed by atoms with E-state index >= 15 is 0 Å². The lowest BCUT2D eigenvalue weighted by atomic mass is 9.98. The fourth-order valence-electron chi connectivity index (χ4n) is 3.70. The maximum atomic E-state index is 12.1. The minimum Gasteiger partial charge on any atom is -0.497 e. The van der Waals surface area contributed by atoms with Gasteiger partial charge in [0.15, 0.2) is 12.2 Å². The standard InChI is InChI=1S/C26H30O10/c1-16(27)31-15-22-23(33-17(2)28)24(32-14-19-8-6-5-7-9-19)25(34-18(3)29)26(36-22)35-21-12-10-20(30-4)11-13-21/h5-13,22-26H,14-15H2,1-4H3. The van der Waals surface area contributed by atoms with Gasteiger partial charge in [0, 0.05) is 20.8 Å². The lowest BCUT2D eigenvalue weighted by Gasteiger charge is -2.44. The third kappa shape index (κ3) is 7.69. The zero-order chi connectivity index (χ0) is 26.1. The van der Waals surface area contributed by atoms with Crippen molar-refractivity contribution < 1.29 is 47.5 Å². The zero-order valence-electron chi connectivity index (χ0n) is 20.6. The molecule has 1 saturated heterocycles. The Labute approximate surface area is 209 Å². The van der Waals surface area contributed by atoms with E-state index in [-0.39, 0.29) is 13.2 Å². The Kier molecular flexibility index (Phi) is 9.66. The molecular weight excluding hydrogens is 472 g/mol. The quantitative estimate of drug-likeness (QED) is 0.355. The Hall–Kier alpha value is -3.63. The van der Waals surface area contributed by atoms with Crippen molar-refractivity contribution in [2.45, 2.75) is 58.1 Å². The lowest BCUT2D eigenvalue weighted by Crippen LogP contribution is -2.63. The molecule has 0 radical (unpaired) electrons. The molecule has 1 aliphatic heterocycles. The fraction of sp³-hybridized carbons (Fsp3) is 0.423. The Morgan fingerprint density at radius 2 is 1.39 bits per heavy atom. The van der Waals surface area contributed by atoms with Gasteiger partial charge in [-0.15, -0.1) is 0 Å². The van der Waals surface area contributed by atoms with Gasteiger partial charge in [-0.05, 0) is 29.8 Å². The largest absolute Gasteiger partial charge is 0.497 e. The van der Waals surface area contributed by atoms with Crippen LogP contribution in [0.25, 0.3) is 0 Å². The van der Waals surface area contributed by atoms with Crippen LogP contribution >= 0.6 is 0 Å². The van der Waals surface area contributed by atoms with Crippen molar-refractivity contribution in [1.82, 2.24) is 0 Å². The molecule has 0 N–H and O–H groups in total. The summed E-state index contributed by atoms with van der Waals surface area (Å²) in [5.41, 5.74) is 0.844. The molecule has 0 amide bonds. The van der Waals surface area contributed by atoms with Crippen LogP contribution in [0.1, 0.15) is 26.3 Å². The number of carbonyl (C=O) groups excluding carboxylic acids is 3. The van der Waals surface area contributed by atoms with Gasteiger partial charge in [0.25, 0.3) is 0 Å². The third-order valence-electron chi connectivity index (χ3n) is 5.24.